The molecule has 3 rings (SSSR count). The number of halogens is 3. The first-order chi connectivity index (χ1) is 15.2. The Bertz CT molecular complexity index is 1140. The van der Waals surface area contributed by atoms with Gasteiger partial charge in [0.05, 0.1) is 17.8 Å². The first kappa shape index (κ1) is 27.1. The predicted molar refractivity (Wildman–Crippen MR) is 139 cm³/mol. The summed E-state index contributed by atoms with van der Waals surface area (Å²) in [5.41, 5.74) is 9.23. The number of thiazole rings is 1. The summed E-state index contributed by atoms with van der Waals surface area (Å²) in [5.74, 6) is 3.07. The summed E-state index contributed by atoms with van der Waals surface area (Å²) in [5, 5.41) is 1.21. The van der Waals surface area contributed by atoms with E-state index in [4.69, 9.17) is 33.5 Å². The lowest BCUT2D eigenvalue weighted by atomic mass is 9.77. The van der Waals surface area contributed by atoms with Gasteiger partial charge in [-0.25, -0.2) is 9.37 Å². The highest BCUT2D eigenvalue weighted by molar-refractivity contribution is 7.12. The number of nitrogens with two attached hydrogens (primary N) is 1. The average molecular weight is 508 g/mol. The van der Waals surface area contributed by atoms with Crippen molar-refractivity contribution in [3.05, 3.63) is 68.2 Å². The predicted octanol–water partition coefficient (Wildman–Crippen LogP) is 7.41. The summed E-state index contributed by atoms with van der Waals surface area (Å²) >= 11 is 8.05. The third kappa shape index (κ3) is 5.53. The fourth-order valence-electron chi connectivity index (χ4n) is 3.96. The summed E-state index contributed by atoms with van der Waals surface area (Å²) in [4.78, 5) is 5.88. The Labute approximate surface area is 210 Å². The molecule has 0 aliphatic rings. The van der Waals surface area contributed by atoms with Crippen LogP contribution in [0.25, 0.3) is 11.3 Å². The summed E-state index contributed by atoms with van der Waals surface area (Å²) in [7, 11) is 1.62. The number of benzene rings is 2. The van der Waals surface area contributed by atoms with Crippen LogP contribution in [0.15, 0.2) is 36.4 Å². The number of hydrogen-bond donors (Lipinski definition) is 1. The molecule has 3 aromatic rings. The molecular formula is C26H29Cl2FN2OS. The van der Waals surface area contributed by atoms with E-state index >= 15 is 0 Å². The van der Waals surface area contributed by atoms with Gasteiger partial charge in [0.25, 0.3) is 0 Å². The molecule has 0 bridgehead atoms. The molecule has 0 aliphatic heterocycles. The second-order valence-electron chi connectivity index (χ2n) is 7.99. The second kappa shape index (κ2) is 11.4. The van der Waals surface area contributed by atoms with Gasteiger partial charge in [0.2, 0.25) is 0 Å². The highest BCUT2D eigenvalue weighted by Crippen LogP contribution is 2.43. The van der Waals surface area contributed by atoms with E-state index < -0.39 is 5.54 Å². The number of nitrogens with zero attached hydrogens (tertiary/aromatic N) is 1. The van der Waals surface area contributed by atoms with Gasteiger partial charge in [-0.05, 0) is 55.7 Å². The molecule has 33 heavy (non-hydrogen) atoms. The molecule has 2 atom stereocenters. The van der Waals surface area contributed by atoms with Crippen molar-refractivity contribution >= 4 is 35.3 Å². The first-order valence-electron chi connectivity index (χ1n) is 10.6. The van der Waals surface area contributed by atoms with Crippen LogP contribution in [0.3, 0.4) is 0 Å². The first-order valence-corrected chi connectivity index (χ1v) is 11.8. The number of ether oxygens (including phenoxy) is 1. The normalized spacial score (nSPS) is 13.5. The smallest absolute Gasteiger partial charge is 0.136 e. The van der Waals surface area contributed by atoms with Gasteiger partial charge >= 0.3 is 0 Å². The van der Waals surface area contributed by atoms with Crippen LogP contribution in [0.1, 0.15) is 53.1 Å². The highest BCUT2D eigenvalue weighted by Gasteiger charge is 2.39. The third-order valence-corrected chi connectivity index (χ3v) is 7.23. The molecule has 0 radical (unpaired) electrons. The van der Waals surface area contributed by atoms with Gasteiger partial charge in [-0.1, -0.05) is 49.4 Å². The Morgan fingerprint density at radius 3 is 2.52 bits per heavy atom. The largest absolute Gasteiger partial charge is 0.496 e. The zero-order chi connectivity index (χ0) is 23.5. The molecule has 0 saturated heterocycles. The van der Waals surface area contributed by atoms with E-state index in [9.17, 15) is 4.39 Å². The fraction of sp³-hybridized carbons (Fsp3) is 0.346. The lowest BCUT2D eigenvalue weighted by molar-refractivity contribution is 0.412. The molecule has 0 amide bonds. The molecule has 2 aromatic carbocycles. The number of methoxy groups -OCH3 is 1. The van der Waals surface area contributed by atoms with Crippen molar-refractivity contribution in [1.82, 2.24) is 4.98 Å². The molecular weight excluding hydrogens is 478 g/mol. The van der Waals surface area contributed by atoms with E-state index in [-0.39, 0.29) is 24.1 Å². The SMILES string of the molecule is C#CC(N)(c1nc(-c2cc(C)c(OC)cc2Cl)c(C)s1)[C@@H](CCCC)c1ccc(F)cc1.Cl. The molecule has 0 saturated carbocycles. The Morgan fingerprint density at radius 2 is 1.94 bits per heavy atom. The van der Waals surface area contributed by atoms with Crippen LogP contribution in [0.5, 0.6) is 5.75 Å². The van der Waals surface area contributed by atoms with Crippen LogP contribution in [0.2, 0.25) is 5.02 Å². The lowest BCUT2D eigenvalue weighted by Gasteiger charge is -2.32. The summed E-state index contributed by atoms with van der Waals surface area (Å²) in [6.07, 6.45) is 8.77. The van der Waals surface area contributed by atoms with Crippen molar-refractivity contribution in [1.29, 1.82) is 0 Å². The van der Waals surface area contributed by atoms with Gasteiger partial charge in [-0.2, -0.15) is 0 Å². The molecule has 176 valence electrons. The maximum Gasteiger partial charge on any atom is 0.136 e. The fourth-order valence-corrected chi connectivity index (χ4v) is 5.25. The summed E-state index contributed by atoms with van der Waals surface area (Å²) in [6.45, 7) is 6.07. The van der Waals surface area contributed by atoms with Crippen molar-refractivity contribution in [2.24, 2.45) is 5.73 Å². The van der Waals surface area contributed by atoms with Crippen LogP contribution in [0, 0.1) is 32.0 Å². The van der Waals surface area contributed by atoms with E-state index in [2.05, 4.69) is 12.8 Å². The van der Waals surface area contributed by atoms with E-state index in [1.165, 1.54) is 23.5 Å². The van der Waals surface area contributed by atoms with Crippen molar-refractivity contribution < 1.29 is 9.13 Å². The van der Waals surface area contributed by atoms with Gasteiger partial charge in [-0.15, -0.1) is 30.2 Å². The number of hydrogen-bond acceptors (Lipinski definition) is 4. The zero-order valence-electron chi connectivity index (χ0n) is 19.2. The Morgan fingerprint density at radius 1 is 1.27 bits per heavy atom. The van der Waals surface area contributed by atoms with Crippen molar-refractivity contribution in [2.45, 2.75) is 51.5 Å². The number of aromatic nitrogens is 1. The van der Waals surface area contributed by atoms with Crippen LogP contribution in [-0.2, 0) is 5.54 Å². The van der Waals surface area contributed by atoms with Crippen LogP contribution in [0.4, 0.5) is 4.39 Å². The van der Waals surface area contributed by atoms with Crippen molar-refractivity contribution in [3.63, 3.8) is 0 Å². The molecule has 1 heterocycles. The van der Waals surface area contributed by atoms with Crippen LogP contribution < -0.4 is 10.5 Å². The standard InChI is InChI=1S/C26H28ClFN2OS.ClH/c1-6-8-9-21(18-10-12-19(28)13-11-18)26(29,7-2)25-30-24(17(4)32-25)20-14-16(3)23(31-5)15-22(20)27;/h2,10-15,21H,6,8-9,29H2,1,3-5H3;1H/t21-,26?;/m0./s1. The molecule has 0 spiro atoms. The minimum atomic E-state index is -1.13. The molecule has 7 heteroatoms. The summed E-state index contributed by atoms with van der Waals surface area (Å²) in [6, 6.07) is 10.2. The van der Waals surface area contributed by atoms with Crippen LogP contribution >= 0.6 is 35.3 Å². The van der Waals surface area contributed by atoms with Gasteiger partial charge in [0, 0.05) is 16.4 Å². The lowest BCUT2D eigenvalue weighted by Crippen LogP contribution is -2.41. The van der Waals surface area contributed by atoms with Gasteiger partial charge in [0.1, 0.15) is 22.1 Å². The molecule has 2 N–H and O–H groups in total. The molecule has 0 aliphatic carbocycles. The molecule has 3 nitrogen and oxygen atoms in total. The number of aryl methyl sites for hydroxylation is 2. The highest BCUT2D eigenvalue weighted by atomic mass is 35.5. The minimum Gasteiger partial charge on any atom is -0.496 e. The molecule has 1 aromatic heterocycles. The monoisotopic (exact) mass is 506 g/mol. The quantitative estimate of drug-likeness (QED) is 0.323. The minimum absolute atomic E-state index is 0. The third-order valence-electron chi connectivity index (χ3n) is 5.80. The topological polar surface area (TPSA) is 48.1 Å². The van der Waals surface area contributed by atoms with Crippen molar-refractivity contribution in [2.75, 3.05) is 7.11 Å². The van der Waals surface area contributed by atoms with E-state index in [0.717, 1.165) is 52.3 Å². The van der Waals surface area contributed by atoms with Crippen molar-refractivity contribution in [3.8, 4) is 29.4 Å². The van der Waals surface area contributed by atoms with Gasteiger partial charge < -0.3 is 10.5 Å². The zero-order valence-corrected chi connectivity index (χ0v) is 21.6. The number of rotatable bonds is 8. The molecule has 0 fully saturated rings. The Balaban J connectivity index is 0.00000385. The second-order valence-corrected chi connectivity index (χ2v) is 9.60. The number of unbranched alkanes of at least 4 members (excludes halogenated alkanes) is 1. The van der Waals surface area contributed by atoms with E-state index in [0.29, 0.717) is 10.0 Å². The Hall–Kier alpha value is -2.10. The van der Waals surface area contributed by atoms with E-state index in [1.54, 1.807) is 25.3 Å². The van der Waals surface area contributed by atoms with Gasteiger partial charge in [0.15, 0.2) is 0 Å². The van der Waals surface area contributed by atoms with Gasteiger partial charge in [-0.3, -0.25) is 0 Å². The maximum absolute atomic E-state index is 13.6. The maximum atomic E-state index is 13.6. The molecule has 1 unspecified atom stereocenters. The van der Waals surface area contributed by atoms with E-state index in [1.807, 2.05) is 19.9 Å². The summed E-state index contributed by atoms with van der Waals surface area (Å²) < 4.78 is 18.9. The Kier molecular flexibility index (Phi) is 9.34. The van der Waals surface area contributed by atoms with Crippen LogP contribution in [-0.4, -0.2) is 12.1 Å². The average Bonchev–Trinajstić information content (AvgIpc) is 3.18. The number of terminal acetylenes is 1.